The maximum atomic E-state index is 6.02. The second-order valence-electron chi connectivity index (χ2n) is 8.92. The average molecular weight is 388 g/mol. The first-order chi connectivity index (χ1) is 13.4. The second-order valence-corrected chi connectivity index (χ2v) is 8.92. The third-order valence-electron chi connectivity index (χ3n) is 5.82. The average Bonchev–Trinajstić information content (AvgIpc) is 3.02. The van der Waals surface area contributed by atoms with Gasteiger partial charge in [0.25, 0.3) is 0 Å². The van der Waals surface area contributed by atoms with Crippen molar-refractivity contribution in [2.75, 3.05) is 38.5 Å². The van der Waals surface area contributed by atoms with Gasteiger partial charge in [0, 0.05) is 44.7 Å². The summed E-state index contributed by atoms with van der Waals surface area (Å²) in [5.41, 5.74) is 7.95. The van der Waals surface area contributed by atoms with E-state index in [0.29, 0.717) is 5.82 Å². The van der Waals surface area contributed by atoms with Crippen LogP contribution < -0.4 is 5.73 Å². The Morgan fingerprint density at radius 1 is 1.00 bits per heavy atom. The molecule has 2 aromatic heterocycles. The van der Waals surface area contributed by atoms with Gasteiger partial charge < -0.3 is 15.2 Å². The molecule has 0 unspecified atom stereocenters. The number of hydrogen-bond donors (Lipinski definition) is 1. The van der Waals surface area contributed by atoms with Crippen LogP contribution in [0.2, 0.25) is 0 Å². The van der Waals surface area contributed by atoms with E-state index in [2.05, 4.69) is 52.0 Å². The van der Waals surface area contributed by atoms with Gasteiger partial charge in [-0.2, -0.15) is 0 Å². The van der Waals surface area contributed by atoms with Gasteiger partial charge in [0.15, 0.2) is 17.0 Å². The molecule has 2 aromatic rings. The molecule has 0 saturated carbocycles. The van der Waals surface area contributed by atoms with E-state index >= 15 is 0 Å². The highest BCUT2D eigenvalue weighted by molar-refractivity contribution is 5.81. The summed E-state index contributed by atoms with van der Waals surface area (Å²) in [6.45, 7) is 16.0. The molecule has 0 bridgehead atoms. The minimum atomic E-state index is 0.285. The molecule has 2 N–H and O–H groups in total. The number of rotatable bonds is 8. The van der Waals surface area contributed by atoms with Crippen LogP contribution in [0.5, 0.6) is 0 Å². The number of aryl methyl sites for hydroxylation is 2. The van der Waals surface area contributed by atoms with E-state index in [-0.39, 0.29) is 5.54 Å². The Labute approximate surface area is 169 Å². The predicted molar refractivity (Wildman–Crippen MR) is 115 cm³/mol. The molecule has 1 fully saturated rings. The molecule has 0 amide bonds. The van der Waals surface area contributed by atoms with Crippen molar-refractivity contribution in [3.63, 3.8) is 0 Å². The van der Waals surface area contributed by atoms with Crippen LogP contribution in [-0.4, -0.2) is 67.6 Å². The monoisotopic (exact) mass is 387 g/mol. The highest BCUT2D eigenvalue weighted by Gasteiger charge is 2.25. The zero-order chi connectivity index (χ0) is 20.1. The highest BCUT2D eigenvalue weighted by atomic mass is 15.3. The van der Waals surface area contributed by atoms with Crippen LogP contribution in [0.4, 0.5) is 5.82 Å². The number of aromatic nitrogens is 4. The molecule has 28 heavy (non-hydrogen) atoms. The van der Waals surface area contributed by atoms with Gasteiger partial charge >= 0.3 is 0 Å². The second kappa shape index (κ2) is 9.18. The first-order valence-electron chi connectivity index (χ1n) is 10.8. The van der Waals surface area contributed by atoms with Gasteiger partial charge in [0.1, 0.15) is 12.2 Å². The first kappa shape index (κ1) is 21.0. The Kier molecular flexibility index (Phi) is 6.88. The Morgan fingerprint density at radius 2 is 1.71 bits per heavy atom. The number of piperazine rings is 1. The van der Waals surface area contributed by atoms with Gasteiger partial charge in [-0.1, -0.05) is 13.3 Å². The van der Waals surface area contributed by atoms with Crippen LogP contribution >= 0.6 is 0 Å². The molecular weight excluding hydrogens is 350 g/mol. The fourth-order valence-electron chi connectivity index (χ4n) is 4.01. The summed E-state index contributed by atoms with van der Waals surface area (Å²) in [6, 6.07) is 0. The van der Waals surface area contributed by atoms with Gasteiger partial charge in [-0.25, -0.2) is 15.0 Å². The summed E-state index contributed by atoms with van der Waals surface area (Å²) >= 11 is 0. The largest absolute Gasteiger partial charge is 0.382 e. The number of fused-ring (bicyclic) bond motifs is 1. The maximum absolute atomic E-state index is 6.02. The number of nitrogens with zero attached hydrogens (tertiary/aromatic N) is 6. The van der Waals surface area contributed by atoms with E-state index in [9.17, 15) is 0 Å². The van der Waals surface area contributed by atoms with Crippen LogP contribution in [0.25, 0.3) is 11.2 Å². The molecule has 0 aliphatic carbocycles. The van der Waals surface area contributed by atoms with Crippen molar-refractivity contribution in [2.45, 2.75) is 71.9 Å². The van der Waals surface area contributed by atoms with E-state index in [0.717, 1.165) is 49.2 Å². The van der Waals surface area contributed by atoms with Gasteiger partial charge in [-0.3, -0.25) is 4.90 Å². The van der Waals surface area contributed by atoms with Crippen LogP contribution in [0.15, 0.2) is 6.33 Å². The maximum Gasteiger partial charge on any atom is 0.165 e. The van der Waals surface area contributed by atoms with Crippen molar-refractivity contribution < 1.29 is 0 Å². The van der Waals surface area contributed by atoms with E-state index in [1.54, 1.807) is 6.33 Å². The third kappa shape index (κ3) is 5.00. The third-order valence-corrected chi connectivity index (χ3v) is 5.82. The lowest BCUT2D eigenvalue weighted by molar-refractivity contribution is 0.0615. The van der Waals surface area contributed by atoms with Crippen molar-refractivity contribution in [2.24, 2.45) is 0 Å². The van der Waals surface area contributed by atoms with Gasteiger partial charge in [0.05, 0.1) is 0 Å². The van der Waals surface area contributed by atoms with Crippen LogP contribution in [0.1, 0.15) is 59.2 Å². The van der Waals surface area contributed by atoms with Crippen LogP contribution in [0, 0.1) is 0 Å². The van der Waals surface area contributed by atoms with E-state index in [4.69, 9.17) is 10.7 Å². The molecule has 0 radical (unpaired) electrons. The van der Waals surface area contributed by atoms with E-state index < -0.39 is 0 Å². The zero-order valence-corrected chi connectivity index (χ0v) is 18.1. The minimum Gasteiger partial charge on any atom is -0.382 e. The summed E-state index contributed by atoms with van der Waals surface area (Å²) in [5, 5.41) is 0. The van der Waals surface area contributed by atoms with Gasteiger partial charge in [0.2, 0.25) is 0 Å². The van der Waals surface area contributed by atoms with Gasteiger partial charge in [-0.05, 0) is 46.6 Å². The molecule has 0 atom stereocenters. The smallest absolute Gasteiger partial charge is 0.165 e. The Morgan fingerprint density at radius 3 is 2.39 bits per heavy atom. The van der Waals surface area contributed by atoms with Crippen molar-refractivity contribution in [1.82, 2.24) is 29.3 Å². The molecular formula is C21H37N7. The topological polar surface area (TPSA) is 76.1 Å². The lowest BCUT2D eigenvalue weighted by atomic mass is 10.0. The fraction of sp³-hybridized carbons (Fsp3) is 0.762. The Hall–Kier alpha value is -1.73. The number of nitrogen functional groups attached to an aromatic ring is 1. The van der Waals surface area contributed by atoms with E-state index in [1.807, 2.05) is 0 Å². The molecule has 156 valence electrons. The summed E-state index contributed by atoms with van der Waals surface area (Å²) in [5.74, 6) is 1.58. The lowest BCUT2D eigenvalue weighted by Crippen LogP contribution is -2.53. The Bertz CT molecular complexity index is 754. The number of unbranched alkanes of at least 4 members (excludes halogenated alkanes) is 2. The predicted octanol–water partition coefficient (Wildman–Crippen LogP) is 2.95. The molecule has 0 spiro atoms. The SMILES string of the molecule is CCCCc1nc2c(N)ncnc2n1CCCCN1CCN(C(C)(C)C)CC1. The molecule has 7 heteroatoms. The summed E-state index contributed by atoms with van der Waals surface area (Å²) in [4.78, 5) is 18.5. The van der Waals surface area contributed by atoms with E-state index in [1.165, 1.54) is 39.1 Å². The summed E-state index contributed by atoms with van der Waals surface area (Å²) in [7, 11) is 0. The normalized spacial score (nSPS) is 16.9. The van der Waals surface area contributed by atoms with Crippen LogP contribution in [0.3, 0.4) is 0 Å². The number of nitrogens with two attached hydrogens (primary N) is 1. The van der Waals surface area contributed by atoms with Crippen molar-refractivity contribution in [1.29, 1.82) is 0 Å². The summed E-state index contributed by atoms with van der Waals surface area (Å²) < 4.78 is 2.26. The van der Waals surface area contributed by atoms with Crippen LogP contribution in [-0.2, 0) is 13.0 Å². The molecule has 0 aromatic carbocycles. The van der Waals surface area contributed by atoms with Crippen molar-refractivity contribution in [3.05, 3.63) is 12.2 Å². The number of hydrogen-bond acceptors (Lipinski definition) is 6. The number of imidazole rings is 1. The minimum absolute atomic E-state index is 0.285. The highest BCUT2D eigenvalue weighted by Crippen LogP contribution is 2.20. The number of anilines is 1. The summed E-state index contributed by atoms with van der Waals surface area (Å²) in [6.07, 6.45) is 7.14. The quantitative estimate of drug-likeness (QED) is 0.702. The van der Waals surface area contributed by atoms with Crippen molar-refractivity contribution >= 4 is 17.0 Å². The van der Waals surface area contributed by atoms with Crippen molar-refractivity contribution in [3.8, 4) is 0 Å². The molecule has 1 aliphatic rings. The molecule has 3 heterocycles. The standard InChI is InChI=1S/C21H37N7/c1-5-6-9-17-25-18-19(22)23-16-24-20(18)28(17)11-8-7-10-26-12-14-27(15-13-26)21(2,3)4/h16H,5-15H2,1-4H3,(H2,22,23,24). The Balaban J connectivity index is 1.53. The molecule has 3 rings (SSSR count). The lowest BCUT2D eigenvalue weighted by Gasteiger charge is -2.42. The molecule has 7 nitrogen and oxygen atoms in total. The first-order valence-corrected chi connectivity index (χ1v) is 10.8. The molecule has 1 aliphatic heterocycles. The van der Waals surface area contributed by atoms with Gasteiger partial charge in [-0.15, -0.1) is 0 Å². The fourth-order valence-corrected chi connectivity index (χ4v) is 4.01. The zero-order valence-electron chi connectivity index (χ0n) is 18.1. The molecule has 1 saturated heterocycles.